The van der Waals surface area contributed by atoms with Crippen molar-refractivity contribution in [3.8, 4) is 0 Å². The first-order chi connectivity index (χ1) is 8.08. The first-order valence-electron chi connectivity index (χ1n) is 5.12. The number of rotatable bonds is 2. The fourth-order valence-corrected chi connectivity index (χ4v) is 2.64. The van der Waals surface area contributed by atoms with Gasteiger partial charge in [-0.2, -0.15) is 0 Å². The zero-order chi connectivity index (χ0) is 12.4. The van der Waals surface area contributed by atoms with Crippen LogP contribution in [0.4, 0.5) is 0 Å². The first-order valence-corrected chi connectivity index (χ1v) is 6.99. The van der Waals surface area contributed by atoms with Crippen LogP contribution in [-0.4, -0.2) is 10.1 Å². The van der Waals surface area contributed by atoms with Gasteiger partial charge in [0.2, 0.25) is 0 Å². The number of halogens is 2. The Morgan fingerprint density at radius 1 is 1.29 bits per heavy atom. The molecule has 1 heterocycles. The third-order valence-corrected chi connectivity index (χ3v) is 3.94. The molecule has 0 saturated carbocycles. The molecule has 1 unspecified atom stereocenters. The Morgan fingerprint density at radius 2 is 2.06 bits per heavy atom. The summed E-state index contributed by atoms with van der Waals surface area (Å²) in [6.45, 7) is 1.97. The quantitative estimate of drug-likeness (QED) is 0.773. The molecule has 2 aromatic rings. The normalized spacial score (nSPS) is 12.5. The number of aryl methyl sites for hydroxylation is 1. The molecule has 0 aliphatic carbocycles. The zero-order valence-corrected chi connectivity index (χ0v) is 12.9. The number of pyridine rings is 1. The Morgan fingerprint density at radius 3 is 2.76 bits per heavy atom. The molecule has 0 bridgehead atoms. The van der Waals surface area contributed by atoms with E-state index in [0.717, 1.165) is 24.7 Å². The van der Waals surface area contributed by atoms with Crippen molar-refractivity contribution in [3.63, 3.8) is 0 Å². The number of aliphatic hydroxyl groups is 1. The summed E-state index contributed by atoms with van der Waals surface area (Å²) in [5.74, 6) is 0. The largest absolute Gasteiger partial charge is 0.384 e. The monoisotopic (exact) mass is 403 g/mol. The Bertz CT molecular complexity index is 545. The molecule has 1 atom stereocenters. The van der Waals surface area contributed by atoms with Gasteiger partial charge < -0.3 is 5.11 Å². The molecule has 88 valence electrons. The van der Waals surface area contributed by atoms with Crippen molar-refractivity contribution in [2.75, 3.05) is 0 Å². The van der Waals surface area contributed by atoms with Gasteiger partial charge in [-0.05, 0) is 58.8 Å². The molecular weight excluding hydrogens is 393 g/mol. The Balaban J connectivity index is 2.43. The van der Waals surface area contributed by atoms with Crippen molar-refractivity contribution in [1.29, 1.82) is 0 Å². The minimum atomic E-state index is -0.633. The summed E-state index contributed by atoms with van der Waals surface area (Å²) >= 11 is 5.65. The van der Waals surface area contributed by atoms with Crippen LogP contribution in [-0.2, 0) is 0 Å². The molecule has 0 saturated heterocycles. The van der Waals surface area contributed by atoms with Gasteiger partial charge >= 0.3 is 0 Å². The van der Waals surface area contributed by atoms with Crippen LogP contribution in [0.1, 0.15) is 22.8 Å². The highest BCUT2D eigenvalue weighted by molar-refractivity contribution is 14.1. The van der Waals surface area contributed by atoms with E-state index in [1.165, 1.54) is 0 Å². The molecular formula is C13H11BrINO. The van der Waals surface area contributed by atoms with Crippen LogP contribution in [0.3, 0.4) is 0 Å². The van der Waals surface area contributed by atoms with E-state index in [-0.39, 0.29) is 0 Å². The van der Waals surface area contributed by atoms with Crippen molar-refractivity contribution in [1.82, 2.24) is 4.98 Å². The maximum atomic E-state index is 10.4. The molecule has 4 heteroatoms. The van der Waals surface area contributed by atoms with Gasteiger partial charge in [0.25, 0.3) is 0 Å². The summed E-state index contributed by atoms with van der Waals surface area (Å²) in [4.78, 5) is 4.11. The highest BCUT2D eigenvalue weighted by Gasteiger charge is 2.14. The van der Waals surface area contributed by atoms with E-state index in [0.29, 0.717) is 0 Å². The second kappa shape index (κ2) is 5.46. The second-order valence-electron chi connectivity index (χ2n) is 3.86. The Hall–Kier alpha value is -0.460. The average molecular weight is 404 g/mol. The fourth-order valence-electron chi connectivity index (χ4n) is 1.63. The predicted molar refractivity (Wildman–Crippen MR) is 79.9 cm³/mol. The number of nitrogens with zero attached hydrogens (tertiary/aromatic N) is 1. The lowest BCUT2D eigenvalue weighted by Crippen LogP contribution is -2.03. The van der Waals surface area contributed by atoms with Crippen molar-refractivity contribution >= 4 is 38.5 Å². The summed E-state index contributed by atoms with van der Waals surface area (Å²) in [5, 5.41) is 10.4. The van der Waals surface area contributed by atoms with E-state index in [1.54, 1.807) is 12.4 Å². The van der Waals surface area contributed by atoms with Crippen LogP contribution in [0, 0.1) is 10.5 Å². The van der Waals surface area contributed by atoms with E-state index in [1.807, 2.05) is 31.2 Å². The average Bonchev–Trinajstić information content (AvgIpc) is 2.31. The van der Waals surface area contributed by atoms with E-state index in [4.69, 9.17) is 0 Å². The second-order valence-corrected chi connectivity index (χ2v) is 5.94. The number of hydrogen-bond donors (Lipinski definition) is 1. The van der Waals surface area contributed by atoms with E-state index < -0.39 is 6.10 Å². The first kappa shape index (κ1) is 13.0. The van der Waals surface area contributed by atoms with Gasteiger partial charge in [-0.25, -0.2) is 0 Å². The molecule has 1 aromatic heterocycles. The van der Waals surface area contributed by atoms with Crippen LogP contribution in [0.15, 0.2) is 41.1 Å². The number of benzene rings is 1. The van der Waals surface area contributed by atoms with Gasteiger partial charge in [0.1, 0.15) is 6.10 Å². The molecule has 1 N–H and O–H groups in total. The lowest BCUT2D eigenvalue weighted by molar-refractivity contribution is 0.219. The van der Waals surface area contributed by atoms with Gasteiger partial charge in [0.05, 0.1) is 0 Å². The lowest BCUT2D eigenvalue weighted by Gasteiger charge is -2.14. The Labute approximate surface area is 122 Å². The maximum Gasteiger partial charge on any atom is 0.107 e. The third kappa shape index (κ3) is 3.05. The van der Waals surface area contributed by atoms with Gasteiger partial charge in [-0.3, -0.25) is 4.98 Å². The van der Waals surface area contributed by atoms with E-state index in [2.05, 4.69) is 43.5 Å². The standard InChI is InChI=1S/C13H11BrINO/c1-8-4-9(7-16-6-8)13(17)11-5-10(14)2-3-12(11)15/h2-7,13,17H,1H3. The lowest BCUT2D eigenvalue weighted by atomic mass is 10.0. The summed E-state index contributed by atoms with van der Waals surface area (Å²) in [6, 6.07) is 7.84. The van der Waals surface area contributed by atoms with E-state index >= 15 is 0 Å². The SMILES string of the molecule is Cc1cncc(C(O)c2cc(Br)ccc2I)c1. The van der Waals surface area contributed by atoms with Crippen LogP contribution in [0.2, 0.25) is 0 Å². The van der Waals surface area contributed by atoms with Gasteiger partial charge in [0, 0.05) is 26.0 Å². The van der Waals surface area contributed by atoms with E-state index in [9.17, 15) is 5.11 Å². The maximum absolute atomic E-state index is 10.4. The van der Waals surface area contributed by atoms with Gasteiger partial charge in [0.15, 0.2) is 0 Å². The summed E-state index contributed by atoms with van der Waals surface area (Å²) in [6.07, 6.45) is 2.85. The molecule has 0 aliphatic rings. The van der Waals surface area contributed by atoms with Crippen LogP contribution < -0.4 is 0 Å². The minimum Gasteiger partial charge on any atom is -0.384 e. The molecule has 0 fully saturated rings. The molecule has 1 aromatic carbocycles. The van der Waals surface area contributed by atoms with Gasteiger partial charge in [-0.1, -0.05) is 22.0 Å². The van der Waals surface area contributed by atoms with Crippen LogP contribution >= 0.6 is 38.5 Å². The predicted octanol–water partition coefficient (Wildman–Crippen LogP) is 3.84. The van der Waals surface area contributed by atoms with Crippen molar-refractivity contribution in [2.45, 2.75) is 13.0 Å². The van der Waals surface area contributed by atoms with Gasteiger partial charge in [-0.15, -0.1) is 0 Å². The molecule has 0 aliphatic heterocycles. The molecule has 2 nitrogen and oxygen atoms in total. The third-order valence-electron chi connectivity index (χ3n) is 2.46. The van der Waals surface area contributed by atoms with Crippen molar-refractivity contribution in [2.24, 2.45) is 0 Å². The highest BCUT2D eigenvalue weighted by Crippen LogP contribution is 2.28. The summed E-state index contributed by atoms with van der Waals surface area (Å²) in [7, 11) is 0. The molecule has 2 rings (SSSR count). The number of hydrogen-bond acceptors (Lipinski definition) is 2. The van der Waals surface area contributed by atoms with Crippen LogP contribution in [0.5, 0.6) is 0 Å². The Kier molecular flexibility index (Phi) is 4.17. The molecule has 0 radical (unpaired) electrons. The number of aliphatic hydroxyl groups excluding tert-OH is 1. The zero-order valence-electron chi connectivity index (χ0n) is 9.19. The van der Waals surface area contributed by atoms with Crippen molar-refractivity contribution < 1.29 is 5.11 Å². The molecule has 17 heavy (non-hydrogen) atoms. The minimum absolute atomic E-state index is 0.633. The topological polar surface area (TPSA) is 33.1 Å². The van der Waals surface area contributed by atoms with Crippen LogP contribution in [0.25, 0.3) is 0 Å². The molecule has 0 amide bonds. The summed E-state index contributed by atoms with van der Waals surface area (Å²) in [5.41, 5.74) is 2.76. The molecule has 0 spiro atoms. The highest BCUT2D eigenvalue weighted by atomic mass is 127. The number of aromatic nitrogens is 1. The fraction of sp³-hybridized carbons (Fsp3) is 0.154. The van der Waals surface area contributed by atoms with Crippen molar-refractivity contribution in [3.05, 3.63) is 61.4 Å². The summed E-state index contributed by atoms with van der Waals surface area (Å²) < 4.78 is 2.01. The smallest absolute Gasteiger partial charge is 0.107 e.